The normalized spacial score (nSPS) is 12.4. The van der Waals surface area contributed by atoms with Crippen LogP contribution >= 0.6 is 0 Å². The highest BCUT2D eigenvalue weighted by Gasteiger charge is 2.18. The second-order valence-electron chi connectivity index (χ2n) is 6.37. The average Bonchev–Trinajstić information content (AvgIpc) is 2.92. The molecule has 1 amide bonds. The second-order valence-corrected chi connectivity index (χ2v) is 6.37. The Morgan fingerprint density at radius 2 is 1.75 bits per heavy atom. The van der Waals surface area contributed by atoms with E-state index in [1.165, 1.54) is 17.7 Å². The van der Waals surface area contributed by atoms with Gasteiger partial charge >= 0.3 is 0 Å². The van der Waals surface area contributed by atoms with Gasteiger partial charge in [-0.1, -0.05) is 17.7 Å². The van der Waals surface area contributed by atoms with Crippen LogP contribution in [0.2, 0.25) is 0 Å². The number of nitrogens with one attached hydrogen (secondary N) is 1. The van der Waals surface area contributed by atoms with Crippen molar-refractivity contribution in [3.8, 4) is 0 Å². The lowest BCUT2D eigenvalue weighted by atomic mass is 10.0. The number of halogens is 1. The van der Waals surface area contributed by atoms with Crippen LogP contribution in [0.3, 0.4) is 0 Å². The van der Waals surface area contributed by atoms with Gasteiger partial charge in [-0.3, -0.25) is 4.79 Å². The highest BCUT2D eigenvalue weighted by Crippen LogP contribution is 2.25. The van der Waals surface area contributed by atoms with Crippen LogP contribution in [0.4, 0.5) is 10.1 Å². The summed E-state index contributed by atoms with van der Waals surface area (Å²) in [7, 11) is 0. The zero-order valence-electron chi connectivity index (χ0n) is 14.4. The molecule has 1 unspecified atom stereocenters. The molecule has 4 heteroatoms. The summed E-state index contributed by atoms with van der Waals surface area (Å²) in [5.41, 5.74) is 4.98. The van der Waals surface area contributed by atoms with E-state index >= 15 is 0 Å². The summed E-state index contributed by atoms with van der Waals surface area (Å²) in [6.07, 6.45) is 1.82. The Morgan fingerprint density at radius 3 is 2.42 bits per heavy atom. The molecule has 24 heavy (non-hydrogen) atoms. The number of rotatable bonds is 3. The van der Waals surface area contributed by atoms with Crippen LogP contribution in [0.5, 0.6) is 0 Å². The molecule has 2 aromatic carbocycles. The third-order valence-corrected chi connectivity index (χ3v) is 4.40. The topological polar surface area (TPSA) is 34.0 Å². The molecule has 0 saturated heterocycles. The fourth-order valence-corrected chi connectivity index (χ4v) is 3.20. The molecule has 3 rings (SSSR count). The average molecular weight is 324 g/mol. The van der Waals surface area contributed by atoms with Crippen molar-refractivity contribution in [2.24, 2.45) is 0 Å². The Balaban J connectivity index is 1.90. The molecule has 0 aliphatic rings. The Morgan fingerprint density at radius 1 is 1.08 bits per heavy atom. The molecule has 0 spiro atoms. The molecule has 3 nitrogen and oxygen atoms in total. The lowest BCUT2D eigenvalue weighted by Crippen LogP contribution is -2.24. The third kappa shape index (κ3) is 2.92. The number of hydrogen-bond donors (Lipinski definition) is 1. The number of hydrogen-bond acceptors (Lipinski definition) is 1. The summed E-state index contributed by atoms with van der Waals surface area (Å²) < 4.78 is 15.2. The summed E-state index contributed by atoms with van der Waals surface area (Å²) in [5.74, 6) is -0.366. The van der Waals surface area contributed by atoms with E-state index in [0.29, 0.717) is 0 Å². The van der Waals surface area contributed by atoms with E-state index in [2.05, 4.69) is 17.4 Å². The molecule has 1 N–H and O–H groups in total. The lowest BCUT2D eigenvalue weighted by Gasteiger charge is -2.18. The minimum atomic E-state index is -0.395. The predicted octanol–water partition coefficient (Wildman–Crippen LogP) is 4.91. The van der Waals surface area contributed by atoms with E-state index in [1.807, 2.05) is 44.5 Å². The lowest BCUT2D eigenvalue weighted by molar-refractivity contribution is -0.118. The number of amides is 1. The predicted molar refractivity (Wildman–Crippen MR) is 95.9 cm³/mol. The monoisotopic (exact) mass is 324 g/mol. The maximum absolute atomic E-state index is 13.3. The largest absolute Gasteiger partial charge is 0.335 e. The minimum Gasteiger partial charge on any atom is -0.335 e. The Labute approximate surface area is 141 Å². The fraction of sp³-hybridized carbons (Fsp3) is 0.250. The number of fused-ring (bicyclic) bond motifs is 1. The van der Waals surface area contributed by atoms with Crippen LogP contribution in [-0.4, -0.2) is 10.5 Å². The van der Waals surface area contributed by atoms with Gasteiger partial charge < -0.3 is 9.88 Å². The number of nitrogens with zero attached hydrogens (tertiary/aromatic N) is 1. The summed E-state index contributed by atoms with van der Waals surface area (Å²) in [6, 6.07) is 10.1. The maximum Gasteiger partial charge on any atom is 0.247 e. The van der Waals surface area contributed by atoms with E-state index in [9.17, 15) is 9.18 Å². The highest BCUT2D eigenvalue weighted by atomic mass is 19.1. The molecule has 1 aromatic heterocycles. The van der Waals surface area contributed by atoms with Gasteiger partial charge in [0.1, 0.15) is 11.9 Å². The van der Waals surface area contributed by atoms with Crippen LogP contribution < -0.4 is 5.32 Å². The Kier molecular flexibility index (Phi) is 4.14. The van der Waals surface area contributed by atoms with Gasteiger partial charge in [0, 0.05) is 22.8 Å². The Hall–Kier alpha value is -2.62. The molecule has 0 radical (unpaired) electrons. The van der Waals surface area contributed by atoms with Crippen molar-refractivity contribution in [2.45, 2.75) is 33.7 Å². The van der Waals surface area contributed by atoms with Gasteiger partial charge in [-0.2, -0.15) is 0 Å². The molecule has 0 bridgehead atoms. The number of benzene rings is 2. The summed E-state index contributed by atoms with van der Waals surface area (Å²) in [6.45, 7) is 7.87. The molecule has 0 aliphatic heterocycles. The maximum atomic E-state index is 13.3. The van der Waals surface area contributed by atoms with Gasteiger partial charge in [0.05, 0.1) is 0 Å². The standard InChI is InChI=1S/C20H21FN2O/c1-12-9-13(2)19(14(3)10-12)22-20(24)15(4)23-8-7-16-11-17(21)5-6-18(16)23/h5-11,15H,1-4H3,(H,22,24). The van der Waals surface area contributed by atoms with E-state index in [0.717, 1.165) is 27.7 Å². The first kappa shape index (κ1) is 16.2. The van der Waals surface area contributed by atoms with Crippen LogP contribution in [-0.2, 0) is 4.79 Å². The minimum absolute atomic E-state index is 0.0909. The van der Waals surface area contributed by atoms with Crippen molar-refractivity contribution in [3.63, 3.8) is 0 Å². The van der Waals surface area contributed by atoms with Crippen molar-refractivity contribution >= 4 is 22.5 Å². The molecule has 0 aliphatic carbocycles. The first-order valence-corrected chi connectivity index (χ1v) is 8.01. The van der Waals surface area contributed by atoms with Crippen molar-refractivity contribution in [1.29, 1.82) is 0 Å². The first-order chi connectivity index (χ1) is 11.4. The van der Waals surface area contributed by atoms with E-state index in [4.69, 9.17) is 0 Å². The first-order valence-electron chi connectivity index (χ1n) is 8.01. The third-order valence-electron chi connectivity index (χ3n) is 4.40. The van der Waals surface area contributed by atoms with Crippen LogP contribution in [0.25, 0.3) is 10.9 Å². The Bertz CT molecular complexity index is 904. The number of aryl methyl sites for hydroxylation is 3. The zero-order chi connectivity index (χ0) is 17.4. The van der Waals surface area contributed by atoms with Crippen LogP contribution in [0, 0.1) is 26.6 Å². The van der Waals surface area contributed by atoms with Gasteiger partial charge in [-0.25, -0.2) is 4.39 Å². The van der Waals surface area contributed by atoms with Crippen LogP contribution in [0.15, 0.2) is 42.6 Å². The number of carbonyl (C=O) groups excluding carboxylic acids is 1. The molecule has 3 aromatic rings. The molecule has 1 heterocycles. The zero-order valence-corrected chi connectivity index (χ0v) is 14.4. The van der Waals surface area contributed by atoms with Gasteiger partial charge in [0.2, 0.25) is 5.91 Å². The van der Waals surface area contributed by atoms with Gasteiger partial charge in [-0.05, 0) is 63.1 Å². The van der Waals surface area contributed by atoms with Gasteiger partial charge in [0.15, 0.2) is 0 Å². The van der Waals surface area contributed by atoms with Crippen LogP contribution in [0.1, 0.15) is 29.7 Å². The smallest absolute Gasteiger partial charge is 0.247 e. The van der Waals surface area contributed by atoms with E-state index in [1.54, 1.807) is 6.07 Å². The highest BCUT2D eigenvalue weighted by molar-refractivity contribution is 5.96. The number of carbonyl (C=O) groups is 1. The SMILES string of the molecule is Cc1cc(C)c(NC(=O)C(C)n2ccc3cc(F)ccc32)c(C)c1. The van der Waals surface area contributed by atoms with E-state index < -0.39 is 6.04 Å². The van der Waals surface area contributed by atoms with E-state index in [-0.39, 0.29) is 11.7 Å². The van der Waals surface area contributed by atoms with Crippen molar-refractivity contribution < 1.29 is 9.18 Å². The molecular weight excluding hydrogens is 303 g/mol. The van der Waals surface area contributed by atoms with Gasteiger partial charge in [-0.15, -0.1) is 0 Å². The number of aromatic nitrogens is 1. The quantitative estimate of drug-likeness (QED) is 0.730. The molecule has 0 fully saturated rings. The molecular formula is C20H21FN2O. The summed E-state index contributed by atoms with van der Waals surface area (Å²) in [5, 5.41) is 3.83. The molecule has 0 saturated carbocycles. The second kappa shape index (κ2) is 6.11. The van der Waals surface area contributed by atoms with Crippen molar-refractivity contribution in [1.82, 2.24) is 4.57 Å². The number of anilines is 1. The molecule has 124 valence electrons. The fourth-order valence-electron chi connectivity index (χ4n) is 3.20. The van der Waals surface area contributed by atoms with Crippen molar-refractivity contribution in [3.05, 3.63) is 65.1 Å². The summed E-state index contributed by atoms with van der Waals surface area (Å²) >= 11 is 0. The summed E-state index contributed by atoms with van der Waals surface area (Å²) in [4.78, 5) is 12.7. The molecule has 1 atom stereocenters. The van der Waals surface area contributed by atoms with Crippen molar-refractivity contribution in [2.75, 3.05) is 5.32 Å². The van der Waals surface area contributed by atoms with Gasteiger partial charge in [0.25, 0.3) is 0 Å².